The Balaban J connectivity index is 1.66. The van der Waals surface area contributed by atoms with Crippen LogP contribution in [0.1, 0.15) is 38.8 Å². The molecule has 0 aliphatic carbocycles. The van der Waals surface area contributed by atoms with Gasteiger partial charge in [-0.15, -0.1) is 0 Å². The van der Waals surface area contributed by atoms with Crippen LogP contribution in [0, 0.1) is 6.92 Å². The summed E-state index contributed by atoms with van der Waals surface area (Å²) in [5.41, 5.74) is 1.69. The molecular formula is C23H18F3N3O3. The lowest BCUT2D eigenvalue weighted by Gasteiger charge is -2.22. The number of ether oxygens (including phenoxy) is 1. The first kappa shape index (κ1) is 21.4. The molecule has 0 spiro atoms. The lowest BCUT2D eigenvalue weighted by Crippen LogP contribution is -2.31. The van der Waals surface area contributed by atoms with Crippen LogP contribution in [0.5, 0.6) is 5.75 Å². The predicted octanol–water partition coefficient (Wildman–Crippen LogP) is 4.26. The van der Waals surface area contributed by atoms with Crippen molar-refractivity contribution in [3.05, 3.63) is 88.7 Å². The first-order valence-corrected chi connectivity index (χ1v) is 9.68. The molecule has 1 unspecified atom stereocenters. The molecule has 3 aromatic rings. The summed E-state index contributed by atoms with van der Waals surface area (Å²) >= 11 is 0. The van der Waals surface area contributed by atoms with Gasteiger partial charge in [-0.05, 0) is 54.4 Å². The fourth-order valence-corrected chi connectivity index (χ4v) is 3.40. The number of rotatable bonds is 4. The fourth-order valence-electron chi connectivity index (χ4n) is 3.40. The Morgan fingerprint density at radius 1 is 1.16 bits per heavy atom. The summed E-state index contributed by atoms with van der Waals surface area (Å²) < 4.78 is 44.3. The van der Waals surface area contributed by atoms with Crippen molar-refractivity contribution in [1.29, 1.82) is 0 Å². The zero-order chi connectivity index (χ0) is 22.9. The van der Waals surface area contributed by atoms with Crippen molar-refractivity contribution in [2.75, 3.05) is 11.9 Å². The van der Waals surface area contributed by atoms with Crippen LogP contribution in [0.25, 0.3) is 0 Å². The molecule has 2 N–H and O–H groups in total. The van der Waals surface area contributed by atoms with E-state index in [-0.39, 0.29) is 18.1 Å². The van der Waals surface area contributed by atoms with E-state index in [9.17, 15) is 22.8 Å². The van der Waals surface area contributed by atoms with Crippen molar-refractivity contribution in [3.8, 4) is 5.75 Å². The Morgan fingerprint density at radius 2 is 1.91 bits per heavy atom. The van der Waals surface area contributed by atoms with Crippen LogP contribution in [-0.2, 0) is 11.0 Å². The maximum absolute atomic E-state index is 13.0. The number of nitrogens with zero attached hydrogens (tertiary/aromatic N) is 1. The maximum atomic E-state index is 13.0. The number of aromatic nitrogens is 1. The van der Waals surface area contributed by atoms with E-state index < -0.39 is 23.7 Å². The number of anilines is 1. The molecule has 32 heavy (non-hydrogen) atoms. The summed E-state index contributed by atoms with van der Waals surface area (Å²) in [7, 11) is 0. The molecular weight excluding hydrogens is 423 g/mol. The Hall–Kier alpha value is -3.88. The van der Waals surface area contributed by atoms with Gasteiger partial charge in [-0.1, -0.05) is 18.2 Å². The van der Waals surface area contributed by atoms with Crippen molar-refractivity contribution in [1.82, 2.24) is 10.3 Å². The molecule has 0 fully saturated rings. The minimum atomic E-state index is -4.46. The molecule has 2 aromatic carbocycles. The molecule has 4 rings (SSSR count). The van der Waals surface area contributed by atoms with Crippen LogP contribution in [-0.4, -0.2) is 23.4 Å². The Morgan fingerprint density at radius 3 is 2.59 bits per heavy atom. The molecule has 0 saturated heterocycles. The number of fused-ring (bicyclic) bond motifs is 1. The van der Waals surface area contributed by atoms with Crippen LogP contribution in [0.2, 0.25) is 0 Å². The van der Waals surface area contributed by atoms with Gasteiger partial charge in [-0.3, -0.25) is 14.6 Å². The molecule has 0 saturated carbocycles. The highest BCUT2D eigenvalue weighted by Crippen LogP contribution is 2.32. The number of hydrogen-bond acceptors (Lipinski definition) is 4. The monoisotopic (exact) mass is 441 g/mol. The van der Waals surface area contributed by atoms with Gasteiger partial charge in [0.05, 0.1) is 23.0 Å². The molecule has 2 amide bonds. The first-order valence-electron chi connectivity index (χ1n) is 9.68. The quantitative estimate of drug-likeness (QED) is 0.634. The zero-order valence-electron chi connectivity index (χ0n) is 16.9. The normalized spacial score (nSPS) is 14.1. The summed E-state index contributed by atoms with van der Waals surface area (Å²) in [4.78, 5) is 28.8. The fraction of sp³-hybridized carbons (Fsp3) is 0.174. The number of nitrogens with one attached hydrogen (secondary N) is 2. The number of aryl methyl sites for hydroxylation is 1. The van der Waals surface area contributed by atoms with Crippen LogP contribution in [0.4, 0.5) is 18.9 Å². The van der Waals surface area contributed by atoms with E-state index in [0.29, 0.717) is 22.7 Å². The first-order chi connectivity index (χ1) is 15.2. The van der Waals surface area contributed by atoms with Gasteiger partial charge in [0.15, 0.2) is 6.61 Å². The lowest BCUT2D eigenvalue weighted by molar-refractivity contribution is -0.137. The number of amides is 2. The molecule has 1 aromatic heterocycles. The van der Waals surface area contributed by atoms with Crippen LogP contribution >= 0.6 is 0 Å². The Labute approximate surface area is 181 Å². The van der Waals surface area contributed by atoms with E-state index in [2.05, 4.69) is 15.6 Å². The molecule has 164 valence electrons. The highest BCUT2D eigenvalue weighted by Gasteiger charge is 2.31. The van der Waals surface area contributed by atoms with E-state index in [1.165, 1.54) is 24.3 Å². The molecule has 0 radical (unpaired) electrons. The van der Waals surface area contributed by atoms with Gasteiger partial charge < -0.3 is 15.4 Å². The average molecular weight is 441 g/mol. The van der Waals surface area contributed by atoms with Crippen LogP contribution < -0.4 is 15.4 Å². The molecule has 1 aliphatic rings. The van der Waals surface area contributed by atoms with Gasteiger partial charge in [0.1, 0.15) is 5.75 Å². The largest absolute Gasteiger partial charge is 0.482 e. The van der Waals surface area contributed by atoms with Crippen molar-refractivity contribution in [2.45, 2.75) is 19.1 Å². The average Bonchev–Trinajstić information content (AvgIpc) is 2.77. The third kappa shape index (κ3) is 4.41. The van der Waals surface area contributed by atoms with Crippen molar-refractivity contribution < 1.29 is 27.5 Å². The van der Waals surface area contributed by atoms with Crippen LogP contribution in [0.15, 0.2) is 60.8 Å². The molecule has 2 heterocycles. The number of pyridine rings is 1. The summed E-state index contributed by atoms with van der Waals surface area (Å²) in [6, 6.07) is 12.0. The van der Waals surface area contributed by atoms with E-state index in [1.54, 1.807) is 31.3 Å². The van der Waals surface area contributed by atoms with E-state index in [1.807, 2.05) is 0 Å². The Kier molecular flexibility index (Phi) is 5.56. The van der Waals surface area contributed by atoms with Crippen molar-refractivity contribution >= 4 is 17.5 Å². The van der Waals surface area contributed by atoms with Gasteiger partial charge in [0.2, 0.25) is 0 Å². The minimum absolute atomic E-state index is 0.153. The molecule has 1 atom stereocenters. The third-order valence-electron chi connectivity index (χ3n) is 5.05. The Bertz CT molecular complexity index is 1180. The third-order valence-corrected chi connectivity index (χ3v) is 5.05. The standard InChI is InChI=1S/C23H18F3N3O3/c1-13-3-2-10-27-20(13)21(14-4-7-16(8-5-14)23(24,25)26)29-22(31)15-6-9-17-18(11-15)32-12-19(30)28-17/h2-11,21H,12H2,1H3,(H,28,30)(H,29,31). The van der Waals surface area contributed by atoms with E-state index in [4.69, 9.17) is 4.74 Å². The van der Waals surface area contributed by atoms with Gasteiger partial charge in [-0.25, -0.2) is 0 Å². The number of hydrogen-bond donors (Lipinski definition) is 2. The topological polar surface area (TPSA) is 80.3 Å². The SMILES string of the molecule is Cc1cccnc1C(NC(=O)c1ccc2c(c1)OCC(=O)N2)c1ccc(C(F)(F)F)cc1. The number of benzene rings is 2. The molecule has 6 nitrogen and oxygen atoms in total. The number of halogens is 3. The number of carbonyl (C=O) groups is 2. The second-order valence-corrected chi connectivity index (χ2v) is 7.28. The van der Waals surface area contributed by atoms with Gasteiger partial charge >= 0.3 is 6.18 Å². The summed E-state index contributed by atoms with van der Waals surface area (Å²) in [6.07, 6.45) is -2.91. The highest BCUT2D eigenvalue weighted by molar-refractivity contribution is 5.99. The second-order valence-electron chi connectivity index (χ2n) is 7.28. The summed E-state index contributed by atoms with van der Waals surface area (Å²) in [5, 5.41) is 5.50. The number of carbonyl (C=O) groups excluding carboxylic acids is 2. The maximum Gasteiger partial charge on any atom is 0.416 e. The van der Waals surface area contributed by atoms with Gasteiger partial charge in [0.25, 0.3) is 11.8 Å². The predicted molar refractivity (Wildman–Crippen MR) is 110 cm³/mol. The van der Waals surface area contributed by atoms with Crippen LogP contribution in [0.3, 0.4) is 0 Å². The number of alkyl halides is 3. The van der Waals surface area contributed by atoms with Crippen molar-refractivity contribution in [2.24, 2.45) is 0 Å². The smallest absolute Gasteiger partial charge is 0.416 e. The van der Waals surface area contributed by atoms with Crippen molar-refractivity contribution in [3.63, 3.8) is 0 Å². The summed E-state index contributed by atoms with van der Waals surface area (Å²) in [5.74, 6) is -0.400. The van der Waals surface area contributed by atoms with E-state index >= 15 is 0 Å². The van der Waals surface area contributed by atoms with E-state index in [0.717, 1.165) is 17.7 Å². The molecule has 1 aliphatic heterocycles. The highest BCUT2D eigenvalue weighted by atomic mass is 19.4. The minimum Gasteiger partial charge on any atom is -0.482 e. The lowest BCUT2D eigenvalue weighted by atomic mass is 9.98. The zero-order valence-corrected chi connectivity index (χ0v) is 16.9. The van der Waals surface area contributed by atoms with Gasteiger partial charge in [0, 0.05) is 11.8 Å². The second kappa shape index (κ2) is 8.33. The molecule has 0 bridgehead atoms. The molecule has 9 heteroatoms. The van der Waals surface area contributed by atoms with Gasteiger partial charge in [-0.2, -0.15) is 13.2 Å². The summed E-state index contributed by atoms with van der Waals surface area (Å²) in [6.45, 7) is 1.65.